The highest BCUT2D eigenvalue weighted by Gasteiger charge is 2.19. The number of piperidine rings is 1. The van der Waals surface area contributed by atoms with Crippen molar-refractivity contribution in [2.75, 3.05) is 18.4 Å². The monoisotopic (exact) mass is 287 g/mol. The van der Waals surface area contributed by atoms with E-state index in [9.17, 15) is 9.90 Å². The van der Waals surface area contributed by atoms with Crippen LogP contribution in [0.15, 0.2) is 30.5 Å². The second-order valence-electron chi connectivity index (χ2n) is 5.04. The van der Waals surface area contributed by atoms with Crippen LogP contribution in [0.1, 0.15) is 29.4 Å². The lowest BCUT2D eigenvalue weighted by molar-refractivity contribution is 0.102. The second kappa shape index (κ2) is 5.92. The number of anilines is 1. The number of amides is 1. The predicted octanol–water partition coefficient (Wildman–Crippen LogP) is 1.16. The summed E-state index contributed by atoms with van der Waals surface area (Å²) in [4.78, 5) is 12.1. The quantitative estimate of drug-likeness (QED) is 0.737. The van der Waals surface area contributed by atoms with E-state index in [0.717, 1.165) is 25.9 Å². The number of carbonyl (C=O) groups is 1. The van der Waals surface area contributed by atoms with Gasteiger partial charge < -0.3 is 15.7 Å². The largest absolute Gasteiger partial charge is 0.506 e. The number of phenols is 1. The third kappa shape index (κ3) is 3.03. The third-order valence-corrected chi connectivity index (χ3v) is 3.58. The molecule has 21 heavy (non-hydrogen) atoms. The number of nitrogens with zero attached hydrogens (tertiary/aromatic N) is 3. The average molecular weight is 287 g/mol. The molecule has 2 aromatic rings. The molecular weight excluding hydrogens is 270 g/mol. The Morgan fingerprint density at radius 2 is 2.10 bits per heavy atom. The molecule has 7 heteroatoms. The first-order valence-corrected chi connectivity index (χ1v) is 6.96. The molecule has 1 aromatic heterocycles. The molecule has 7 nitrogen and oxygen atoms in total. The summed E-state index contributed by atoms with van der Waals surface area (Å²) in [6.07, 6.45) is 3.61. The van der Waals surface area contributed by atoms with Crippen LogP contribution in [-0.4, -0.2) is 39.1 Å². The van der Waals surface area contributed by atoms with E-state index in [4.69, 9.17) is 0 Å². The van der Waals surface area contributed by atoms with Gasteiger partial charge in [0.05, 0.1) is 17.9 Å². The standard InChI is InChI=1S/C14H17N5O2/c20-13-4-2-1-3-11(13)16-14(21)12-9-19(18-17-12)10-5-7-15-8-6-10/h1-4,9-10,15,20H,5-8H2,(H,16,21). The number of hydrogen-bond acceptors (Lipinski definition) is 5. The fourth-order valence-electron chi connectivity index (χ4n) is 2.40. The van der Waals surface area contributed by atoms with Crippen LogP contribution >= 0.6 is 0 Å². The molecule has 1 aliphatic rings. The zero-order chi connectivity index (χ0) is 14.7. The van der Waals surface area contributed by atoms with Gasteiger partial charge in [-0.2, -0.15) is 0 Å². The number of benzene rings is 1. The molecule has 0 aliphatic carbocycles. The van der Waals surface area contributed by atoms with Crippen LogP contribution in [0.3, 0.4) is 0 Å². The van der Waals surface area contributed by atoms with Gasteiger partial charge in [0, 0.05) is 0 Å². The van der Waals surface area contributed by atoms with Gasteiger partial charge in [-0.05, 0) is 38.1 Å². The molecule has 3 N–H and O–H groups in total. The fraction of sp³-hybridized carbons (Fsp3) is 0.357. The minimum atomic E-state index is -0.378. The van der Waals surface area contributed by atoms with Gasteiger partial charge >= 0.3 is 0 Å². The average Bonchev–Trinajstić information content (AvgIpc) is 3.00. The van der Waals surface area contributed by atoms with Crippen molar-refractivity contribution in [3.8, 4) is 5.75 Å². The zero-order valence-electron chi connectivity index (χ0n) is 11.5. The van der Waals surface area contributed by atoms with Crippen molar-refractivity contribution in [2.24, 2.45) is 0 Å². The molecular formula is C14H17N5O2. The number of hydrogen-bond donors (Lipinski definition) is 3. The predicted molar refractivity (Wildman–Crippen MR) is 77.2 cm³/mol. The molecule has 0 atom stereocenters. The van der Waals surface area contributed by atoms with Crippen molar-refractivity contribution < 1.29 is 9.90 Å². The number of aromatic nitrogens is 3. The minimum Gasteiger partial charge on any atom is -0.506 e. The summed E-state index contributed by atoms with van der Waals surface area (Å²) < 4.78 is 1.75. The van der Waals surface area contributed by atoms with Gasteiger partial charge in [-0.3, -0.25) is 4.79 Å². The Morgan fingerprint density at radius 1 is 1.33 bits per heavy atom. The number of rotatable bonds is 3. The number of phenolic OH excluding ortho intramolecular Hbond substituents is 1. The van der Waals surface area contributed by atoms with Crippen LogP contribution in [-0.2, 0) is 0 Å². The van der Waals surface area contributed by atoms with E-state index >= 15 is 0 Å². The fourth-order valence-corrected chi connectivity index (χ4v) is 2.40. The van der Waals surface area contributed by atoms with E-state index < -0.39 is 0 Å². The molecule has 110 valence electrons. The van der Waals surface area contributed by atoms with Crippen molar-refractivity contribution in [1.82, 2.24) is 20.3 Å². The Hall–Kier alpha value is -2.41. The Morgan fingerprint density at radius 3 is 2.86 bits per heavy atom. The number of carbonyl (C=O) groups excluding carboxylic acids is 1. The van der Waals surface area contributed by atoms with E-state index in [1.54, 1.807) is 29.1 Å². The van der Waals surface area contributed by atoms with Crippen LogP contribution in [0.4, 0.5) is 5.69 Å². The van der Waals surface area contributed by atoms with Gasteiger partial charge in [-0.1, -0.05) is 17.3 Å². The molecule has 0 saturated carbocycles. The topological polar surface area (TPSA) is 92.1 Å². The molecule has 0 radical (unpaired) electrons. The summed E-state index contributed by atoms with van der Waals surface area (Å²) in [5, 5.41) is 23.5. The van der Waals surface area contributed by atoms with Crippen LogP contribution in [0, 0.1) is 0 Å². The molecule has 2 heterocycles. The molecule has 1 saturated heterocycles. The van der Waals surface area contributed by atoms with Gasteiger partial charge in [0.1, 0.15) is 5.75 Å². The van der Waals surface area contributed by atoms with Crippen LogP contribution in [0.25, 0.3) is 0 Å². The van der Waals surface area contributed by atoms with Gasteiger partial charge in [0.15, 0.2) is 5.69 Å². The number of para-hydroxylation sites is 2. The van der Waals surface area contributed by atoms with Gasteiger partial charge in [-0.15, -0.1) is 5.10 Å². The Labute approximate surface area is 122 Å². The summed E-state index contributed by atoms with van der Waals surface area (Å²) >= 11 is 0. The number of nitrogens with one attached hydrogen (secondary N) is 2. The van der Waals surface area contributed by atoms with Crippen molar-refractivity contribution in [3.63, 3.8) is 0 Å². The van der Waals surface area contributed by atoms with E-state index in [1.807, 2.05) is 0 Å². The Balaban J connectivity index is 1.71. The Bertz CT molecular complexity index is 634. The molecule has 0 unspecified atom stereocenters. The highest BCUT2D eigenvalue weighted by molar-refractivity contribution is 6.03. The summed E-state index contributed by atoms with van der Waals surface area (Å²) in [5.74, 6) is -0.353. The normalized spacial score (nSPS) is 15.8. The van der Waals surface area contributed by atoms with Crippen molar-refractivity contribution in [3.05, 3.63) is 36.2 Å². The first kappa shape index (κ1) is 13.6. The molecule has 1 amide bonds. The lowest BCUT2D eigenvalue weighted by Crippen LogP contribution is -2.29. The highest BCUT2D eigenvalue weighted by atomic mass is 16.3. The van der Waals surface area contributed by atoms with Gasteiger partial charge in [-0.25, -0.2) is 4.68 Å². The first-order chi connectivity index (χ1) is 10.2. The first-order valence-electron chi connectivity index (χ1n) is 6.96. The summed E-state index contributed by atoms with van der Waals surface area (Å²) in [6.45, 7) is 1.90. The van der Waals surface area contributed by atoms with Crippen molar-refractivity contribution >= 4 is 11.6 Å². The molecule has 1 aliphatic heterocycles. The van der Waals surface area contributed by atoms with E-state index in [2.05, 4.69) is 20.9 Å². The maximum Gasteiger partial charge on any atom is 0.277 e. The zero-order valence-corrected chi connectivity index (χ0v) is 11.5. The second-order valence-corrected chi connectivity index (χ2v) is 5.04. The summed E-state index contributed by atoms with van der Waals surface area (Å²) in [7, 11) is 0. The highest BCUT2D eigenvalue weighted by Crippen LogP contribution is 2.22. The molecule has 0 spiro atoms. The minimum absolute atomic E-state index is 0.0246. The van der Waals surface area contributed by atoms with Crippen molar-refractivity contribution in [1.29, 1.82) is 0 Å². The lowest BCUT2D eigenvalue weighted by Gasteiger charge is -2.22. The summed E-state index contributed by atoms with van der Waals surface area (Å²) in [6, 6.07) is 6.86. The van der Waals surface area contributed by atoms with E-state index in [-0.39, 0.29) is 23.4 Å². The SMILES string of the molecule is O=C(Nc1ccccc1O)c1cn(C2CCNCC2)nn1. The molecule has 1 fully saturated rings. The van der Waals surface area contributed by atoms with Crippen LogP contribution < -0.4 is 10.6 Å². The molecule has 1 aromatic carbocycles. The lowest BCUT2D eigenvalue weighted by atomic mass is 10.1. The third-order valence-electron chi connectivity index (χ3n) is 3.58. The maximum absolute atomic E-state index is 12.1. The smallest absolute Gasteiger partial charge is 0.277 e. The molecule has 3 rings (SSSR count). The van der Waals surface area contributed by atoms with E-state index in [1.165, 1.54) is 6.07 Å². The summed E-state index contributed by atoms with van der Waals surface area (Å²) in [5.41, 5.74) is 0.607. The van der Waals surface area contributed by atoms with Crippen LogP contribution in [0.5, 0.6) is 5.75 Å². The van der Waals surface area contributed by atoms with Gasteiger partial charge in [0.2, 0.25) is 0 Å². The van der Waals surface area contributed by atoms with Crippen molar-refractivity contribution in [2.45, 2.75) is 18.9 Å². The van der Waals surface area contributed by atoms with Crippen LogP contribution in [0.2, 0.25) is 0 Å². The van der Waals surface area contributed by atoms with Gasteiger partial charge in [0.25, 0.3) is 5.91 Å². The maximum atomic E-state index is 12.1. The number of aromatic hydroxyl groups is 1. The Kier molecular flexibility index (Phi) is 3.83. The van der Waals surface area contributed by atoms with E-state index in [0.29, 0.717) is 5.69 Å². The molecule has 0 bridgehead atoms.